The highest BCUT2D eigenvalue weighted by molar-refractivity contribution is 5.94. The van der Waals surface area contributed by atoms with Crippen LogP contribution in [0.15, 0.2) is 30.5 Å². The number of fused-ring (bicyclic) bond motifs is 1. The summed E-state index contributed by atoms with van der Waals surface area (Å²) in [4.78, 5) is 14.0. The van der Waals surface area contributed by atoms with E-state index in [1.165, 1.54) is 5.52 Å². The van der Waals surface area contributed by atoms with Crippen LogP contribution >= 0.6 is 12.4 Å². The highest BCUT2D eigenvalue weighted by Gasteiger charge is 2.11. The molecule has 3 N–H and O–H groups in total. The Morgan fingerprint density at radius 3 is 2.75 bits per heavy atom. The Kier molecular flexibility index (Phi) is 7.05. The van der Waals surface area contributed by atoms with E-state index >= 15 is 0 Å². The van der Waals surface area contributed by atoms with E-state index in [4.69, 9.17) is 10.5 Å². The van der Waals surface area contributed by atoms with E-state index in [9.17, 15) is 4.79 Å². The van der Waals surface area contributed by atoms with Crippen LogP contribution in [-0.2, 0) is 16.1 Å². The van der Waals surface area contributed by atoms with E-state index in [-0.39, 0.29) is 18.3 Å². The molecule has 3 rings (SSSR count). The SMILES string of the molecule is Cl.NCCC(=O)Nc1ccc2c(ccn2CCN2CCOCC2)c1. The van der Waals surface area contributed by atoms with Crippen molar-refractivity contribution in [3.8, 4) is 0 Å². The van der Waals surface area contributed by atoms with Crippen molar-refractivity contribution >= 4 is 34.9 Å². The van der Waals surface area contributed by atoms with E-state index in [1.807, 2.05) is 12.1 Å². The maximum atomic E-state index is 11.6. The first-order chi connectivity index (χ1) is 11.3. The smallest absolute Gasteiger partial charge is 0.225 e. The monoisotopic (exact) mass is 352 g/mol. The van der Waals surface area contributed by atoms with Crippen molar-refractivity contribution in [2.45, 2.75) is 13.0 Å². The van der Waals surface area contributed by atoms with Crippen LogP contribution in [0.1, 0.15) is 6.42 Å². The molecule has 132 valence electrons. The van der Waals surface area contributed by atoms with Gasteiger partial charge in [-0.1, -0.05) is 0 Å². The normalized spacial score (nSPS) is 15.2. The molecule has 0 aliphatic carbocycles. The molecule has 24 heavy (non-hydrogen) atoms. The molecule has 1 aliphatic heterocycles. The fraction of sp³-hybridized carbons (Fsp3) is 0.471. The van der Waals surface area contributed by atoms with E-state index in [2.05, 4.69) is 33.1 Å². The number of halogens is 1. The predicted octanol–water partition coefficient (Wildman–Crippen LogP) is 1.68. The molecule has 0 saturated carbocycles. The van der Waals surface area contributed by atoms with Crippen LogP contribution < -0.4 is 11.1 Å². The van der Waals surface area contributed by atoms with Gasteiger partial charge >= 0.3 is 0 Å². The van der Waals surface area contributed by atoms with Crippen molar-refractivity contribution in [3.63, 3.8) is 0 Å². The van der Waals surface area contributed by atoms with Gasteiger partial charge in [-0.2, -0.15) is 0 Å². The van der Waals surface area contributed by atoms with Gasteiger partial charge in [0.05, 0.1) is 13.2 Å². The number of aromatic nitrogens is 1. The Labute approximate surface area is 148 Å². The van der Waals surface area contributed by atoms with E-state index in [0.717, 1.165) is 50.5 Å². The van der Waals surface area contributed by atoms with Gasteiger partial charge in [0.1, 0.15) is 0 Å². The number of carbonyl (C=O) groups is 1. The number of rotatable bonds is 6. The zero-order chi connectivity index (χ0) is 16.1. The van der Waals surface area contributed by atoms with Crippen LogP contribution in [0.5, 0.6) is 0 Å². The van der Waals surface area contributed by atoms with E-state index < -0.39 is 0 Å². The second-order valence-electron chi connectivity index (χ2n) is 5.82. The predicted molar refractivity (Wildman–Crippen MR) is 98.7 cm³/mol. The molecule has 7 heteroatoms. The largest absolute Gasteiger partial charge is 0.379 e. The fourth-order valence-electron chi connectivity index (χ4n) is 2.90. The second-order valence-corrected chi connectivity index (χ2v) is 5.82. The van der Waals surface area contributed by atoms with Crippen molar-refractivity contribution in [3.05, 3.63) is 30.5 Å². The Balaban J connectivity index is 0.00000208. The van der Waals surface area contributed by atoms with Crippen LogP contribution in [0, 0.1) is 0 Å². The number of morpholine rings is 1. The zero-order valence-electron chi connectivity index (χ0n) is 13.7. The van der Waals surface area contributed by atoms with Gasteiger partial charge in [0.25, 0.3) is 0 Å². The molecule has 1 aromatic carbocycles. The van der Waals surface area contributed by atoms with Crippen molar-refractivity contribution in [1.82, 2.24) is 9.47 Å². The number of nitrogens with two attached hydrogens (primary N) is 1. The Morgan fingerprint density at radius 1 is 1.21 bits per heavy atom. The fourth-order valence-corrected chi connectivity index (χ4v) is 2.90. The van der Waals surface area contributed by atoms with Gasteiger partial charge in [0.2, 0.25) is 5.91 Å². The summed E-state index contributed by atoms with van der Waals surface area (Å²) in [5, 5.41) is 4.01. The van der Waals surface area contributed by atoms with Crippen LogP contribution in [0.3, 0.4) is 0 Å². The summed E-state index contributed by atoms with van der Waals surface area (Å²) in [5.74, 6) is -0.0430. The molecule has 0 unspecified atom stereocenters. The first kappa shape index (κ1) is 18.7. The van der Waals surface area contributed by atoms with Crippen molar-refractivity contribution in [2.24, 2.45) is 5.73 Å². The Bertz CT molecular complexity index is 668. The number of hydrogen-bond donors (Lipinski definition) is 2. The lowest BCUT2D eigenvalue weighted by molar-refractivity contribution is -0.116. The maximum Gasteiger partial charge on any atom is 0.225 e. The van der Waals surface area contributed by atoms with Gasteiger partial charge in [0, 0.05) is 61.9 Å². The molecule has 1 amide bonds. The number of ether oxygens (including phenoxy) is 1. The lowest BCUT2D eigenvalue weighted by Crippen LogP contribution is -2.38. The van der Waals surface area contributed by atoms with E-state index in [0.29, 0.717) is 13.0 Å². The number of hydrogen-bond acceptors (Lipinski definition) is 4. The average molecular weight is 353 g/mol. The molecular formula is C17H25ClN4O2. The number of benzene rings is 1. The summed E-state index contributed by atoms with van der Waals surface area (Å²) < 4.78 is 7.64. The highest BCUT2D eigenvalue weighted by Crippen LogP contribution is 2.21. The van der Waals surface area contributed by atoms with Crippen molar-refractivity contribution in [2.75, 3.05) is 44.7 Å². The van der Waals surface area contributed by atoms with Crippen LogP contribution in [0.4, 0.5) is 5.69 Å². The summed E-state index contributed by atoms with van der Waals surface area (Å²) in [6, 6.07) is 8.11. The lowest BCUT2D eigenvalue weighted by Gasteiger charge is -2.26. The maximum absolute atomic E-state index is 11.6. The summed E-state index contributed by atoms with van der Waals surface area (Å²) in [6.07, 6.45) is 2.45. The van der Waals surface area contributed by atoms with Gasteiger partial charge in [-0.05, 0) is 24.3 Å². The number of anilines is 1. The average Bonchev–Trinajstić information content (AvgIpc) is 2.96. The molecule has 1 fully saturated rings. The molecule has 0 bridgehead atoms. The third-order valence-corrected chi connectivity index (χ3v) is 4.19. The molecule has 1 saturated heterocycles. The Morgan fingerprint density at radius 2 is 2.00 bits per heavy atom. The molecule has 6 nitrogen and oxygen atoms in total. The molecule has 1 aromatic heterocycles. The van der Waals surface area contributed by atoms with Gasteiger partial charge in [-0.3, -0.25) is 9.69 Å². The second kappa shape index (κ2) is 9.03. The number of nitrogens with zero attached hydrogens (tertiary/aromatic N) is 2. The molecule has 0 radical (unpaired) electrons. The molecule has 2 heterocycles. The topological polar surface area (TPSA) is 72.5 Å². The molecule has 0 atom stereocenters. The summed E-state index contributed by atoms with van der Waals surface area (Å²) in [7, 11) is 0. The van der Waals surface area contributed by atoms with Crippen molar-refractivity contribution in [1.29, 1.82) is 0 Å². The van der Waals surface area contributed by atoms with Gasteiger partial charge in [-0.15, -0.1) is 12.4 Å². The Hall–Kier alpha value is -1.60. The lowest BCUT2D eigenvalue weighted by atomic mass is 10.2. The minimum Gasteiger partial charge on any atom is -0.379 e. The minimum atomic E-state index is -0.0430. The summed E-state index contributed by atoms with van der Waals surface area (Å²) in [6.45, 7) is 6.04. The third-order valence-electron chi connectivity index (χ3n) is 4.19. The van der Waals surface area contributed by atoms with Gasteiger partial charge in [-0.25, -0.2) is 0 Å². The molecule has 0 spiro atoms. The van der Waals surface area contributed by atoms with Gasteiger partial charge < -0.3 is 20.4 Å². The number of carbonyl (C=O) groups excluding carboxylic acids is 1. The van der Waals surface area contributed by atoms with Crippen LogP contribution in [0.2, 0.25) is 0 Å². The van der Waals surface area contributed by atoms with E-state index in [1.54, 1.807) is 0 Å². The minimum absolute atomic E-state index is 0. The highest BCUT2D eigenvalue weighted by atomic mass is 35.5. The third kappa shape index (κ3) is 4.70. The van der Waals surface area contributed by atoms with Crippen LogP contribution in [-0.4, -0.2) is 54.8 Å². The van der Waals surface area contributed by atoms with Crippen LogP contribution in [0.25, 0.3) is 10.9 Å². The van der Waals surface area contributed by atoms with Crippen molar-refractivity contribution < 1.29 is 9.53 Å². The zero-order valence-corrected chi connectivity index (χ0v) is 14.6. The summed E-state index contributed by atoms with van der Waals surface area (Å²) >= 11 is 0. The van der Waals surface area contributed by atoms with Gasteiger partial charge in [0.15, 0.2) is 0 Å². The molecule has 2 aromatic rings. The first-order valence-electron chi connectivity index (χ1n) is 8.15. The number of nitrogens with one attached hydrogen (secondary N) is 1. The molecule has 1 aliphatic rings. The number of amides is 1. The summed E-state index contributed by atoms with van der Waals surface area (Å²) in [5.41, 5.74) is 7.41. The standard InChI is InChI=1S/C17H24N4O2.ClH/c18-5-3-17(22)19-15-1-2-16-14(13-15)4-6-21(16)8-7-20-9-11-23-12-10-20;/h1-2,4,6,13H,3,5,7-12,18H2,(H,19,22);1H. The first-order valence-corrected chi connectivity index (χ1v) is 8.15. The molecular weight excluding hydrogens is 328 g/mol. The quantitative estimate of drug-likeness (QED) is 0.829.